The molecular formula is C15H24OSn. The first-order chi connectivity index (χ1) is 7.95. The van der Waals surface area contributed by atoms with E-state index in [1.165, 1.54) is 5.56 Å². The van der Waals surface area contributed by atoms with Crippen molar-refractivity contribution in [2.24, 2.45) is 0 Å². The molecule has 1 nitrogen and oxygen atoms in total. The molecule has 0 fully saturated rings. The zero-order valence-electron chi connectivity index (χ0n) is 11.4. The van der Waals surface area contributed by atoms with Gasteiger partial charge in [-0.25, -0.2) is 0 Å². The maximum absolute atomic E-state index is 5.99. The van der Waals surface area contributed by atoms with E-state index in [1.807, 2.05) is 6.07 Å². The fraction of sp³-hybridized carbons (Fsp3) is 0.467. The average Bonchev–Trinajstić information content (AvgIpc) is 2.29. The van der Waals surface area contributed by atoms with E-state index in [1.54, 1.807) is 0 Å². The third kappa shape index (κ3) is 4.84. The second kappa shape index (κ2) is 6.60. The van der Waals surface area contributed by atoms with Gasteiger partial charge in [0.2, 0.25) is 0 Å². The molecule has 2 heteroatoms. The summed E-state index contributed by atoms with van der Waals surface area (Å²) in [5.74, 6) is 0. The zero-order chi connectivity index (χ0) is 12.9. The van der Waals surface area contributed by atoms with Crippen LogP contribution in [0.2, 0.25) is 18.8 Å². The number of rotatable bonds is 6. The van der Waals surface area contributed by atoms with Gasteiger partial charge in [0.05, 0.1) is 0 Å². The van der Waals surface area contributed by atoms with E-state index >= 15 is 0 Å². The van der Waals surface area contributed by atoms with Gasteiger partial charge in [0.15, 0.2) is 0 Å². The molecule has 0 aliphatic heterocycles. The van der Waals surface area contributed by atoms with Crippen molar-refractivity contribution >= 4 is 18.4 Å². The summed E-state index contributed by atoms with van der Waals surface area (Å²) in [6.07, 6.45) is 2.26. The van der Waals surface area contributed by atoms with E-state index < -0.39 is 18.4 Å². The minimum absolute atomic E-state index is 0.173. The molecule has 0 aromatic heterocycles. The molecule has 0 bridgehead atoms. The third-order valence-electron chi connectivity index (χ3n) is 3.19. The Morgan fingerprint density at radius 2 is 1.82 bits per heavy atom. The standard InChI is InChI=1S/C12H15O.3CH3.Sn/c1-3-4-10-13-11(2)12-8-6-5-7-9-12;;;;/h3-9,11H,1,10H2,2H3;3*1H3;. The molecule has 0 aliphatic carbocycles. The molecule has 0 saturated carbocycles. The molecule has 0 heterocycles. The predicted molar refractivity (Wildman–Crippen MR) is 78.1 cm³/mol. The number of ether oxygens (including phenoxy) is 1. The second-order valence-corrected chi connectivity index (χ2v) is 21.2. The predicted octanol–water partition coefficient (Wildman–Crippen LogP) is 4.66. The molecule has 0 amide bonds. The Balaban J connectivity index is 2.53. The Morgan fingerprint density at radius 1 is 1.24 bits per heavy atom. The van der Waals surface area contributed by atoms with E-state index in [0.29, 0.717) is 3.93 Å². The number of benzene rings is 1. The molecular weight excluding hydrogens is 315 g/mol. The summed E-state index contributed by atoms with van der Waals surface area (Å²) in [5, 5.41) is 0. The van der Waals surface area contributed by atoms with Gasteiger partial charge in [0.1, 0.15) is 0 Å². The van der Waals surface area contributed by atoms with E-state index in [-0.39, 0.29) is 6.10 Å². The molecule has 0 N–H and O–H groups in total. The van der Waals surface area contributed by atoms with Crippen molar-refractivity contribution in [3.05, 3.63) is 48.6 Å². The maximum atomic E-state index is 5.99. The van der Waals surface area contributed by atoms with Crippen molar-refractivity contribution in [1.29, 1.82) is 0 Å². The van der Waals surface area contributed by atoms with Gasteiger partial charge in [-0.15, -0.1) is 0 Å². The third-order valence-corrected chi connectivity index (χ3v) is 10.7. The summed E-state index contributed by atoms with van der Waals surface area (Å²) in [6, 6.07) is 10.4. The normalized spacial score (nSPS) is 15.3. The Hall–Kier alpha value is -0.281. The Morgan fingerprint density at radius 3 is 2.29 bits per heavy atom. The molecule has 1 aromatic carbocycles. The van der Waals surface area contributed by atoms with Gasteiger partial charge < -0.3 is 0 Å². The molecule has 2 unspecified atom stereocenters. The second-order valence-electron chi connectivity index (χ2n) is 5.59. The fourth-order valence-corrected chi connectivity index (χ4v) is 5.46. The van der Waals surface area contributed by atoms with Crippen LogP contribution in [0.4, 0.5) is 0 Å². The molecule has 94 valence electrons. The topological polar surface area (TPSA) is 9.23 Å². The average molecular weight is 339 g/mol. The van der Waals surface area contributed by atoms with E-state index in [2.05, 4.69) is 58.7 Å². The van der Waals surface area contributed by atoms with Gasteiger partial charge in [0.25, 0.3) is 0 Å². The summed E-state index contributed by atoms with van der Waals surface area (Å²) in [5.41, 5.74) is 1.25. The van der Waals surface area contributed by atoms with Crippen molar-refractivity contribution in [1.82, 2.24) is 0 Å². The first-order valence-electron chi connectivity index (χ1n) is 6.24. The van der Waals surface area contributed by atoms with Crippen LogP contribution in [-0.2, 0) is 4.74 Å². The van der Waals surface area contributed by atoms with Crippen LogP contribution in [0.15, 0.2) is 43.0 Å². The van der Waals surface area contributed by atoms with Crippen molar-refractivity contribution < 1.29 is 4.74 Å². The summed E-state index contributed by atoms with van der Waals surface area (Å²) >= 11 is -1.92. The molecule has 1 rings (SSSR count). The van der Waals surface area contributed by atoms with Gasteiger partial charge in [-0.05, 0) is 0 Å². The Bertz CT molecular complexity index is 340. The molecule has 17 heavy (non-hydrogen) atoms. The van der Waals surface area contributed by atoms with Gasteiger partial charge in [0, 0.05) is 0 Å². The number of hydrogen-bond acceptors (Lipinski definition) is 1. The van der Waals surface area contributed by atoms with Crippen molar-refractivity contribution in [2.75, 3.05) is 6.61 Å². The van der Waals surface area contributed by atoms with E-state index in [9.17, 15) is 0 Å². The van der Waals surface area contributed by atoms with Crippen molar-refractivity contribution in [2.45, 2.75) is 31.8 Å². The molecule has 0 saturated heterocycles. The Labute approximate surface area is 110 Å². The Kier molecular flexibility index (Phi) is 5.74. The molecule has 0 radical (unpaired) electrons. The van der Waals surface area contributed by atoms with Crippen LogP contribution in [0.25, 0.3) is 0 Å². The van der Waals surface area contributed by atoms with Gasteiger partial charge >= 0.3 is 110 Å². The van der Waals surface area contributed by atoms with Gasteiger partial charge in [-0.3, -0.25) is 0 Å². The fourth-order valence-electron chi connectivity index (χ4n) is 1.74. The van der Waals surface area contributed by atoms with Crippen LogP contribution < -0.4 is 0 Å². The van der Waals surface area contributed by atoms with Crippen LogP contribution in [0.3, 0.4) is 0 Å². The minimum atomic E-state index is -1.92. The zero-order valence-corrected chi connectivity index (χ0v) is 14.3. The van der Waals surface area contributed by atoms with Gasteiger partial charge in [-0.1, -0.05) is 0 Å². The summed E-state index contributed by atoms with van der Waals surface area (Å²) < 4.78 is 6.58. The quantitative estimate of drug-likeness (QED) is 0.541. The molecule has 0 aliphatic rings. The van der Waals surface area contributed by atoms with Crippen LogP contribution in [0, 0.1) is 0 Å². The van der Waals surface area contributed by atoms with Crippen LogP contribution in [-0.4, -0.2) is 25.0 Å². The van der Waals surface area contributed by atoms with Crippen LogP contribution in [0.1, 0.15) is 18.6 Å². The molecule has 1 aromatic rings. The van der Waals surface area contributed by atoms with E-state index in [4.69, 9.17) is 4.74 Å². The van der Waals surface area contributed by atoms with E-state index in [0.717, 1.165) is 6.61 Å². The summed E-state index contributed by atoms with van der Waals surface area (Å²) in [6.45, 7) is 6.89. The van der Waals surface area contributed by atoms with Crippen LogP contribution in [0.5, 0.6) is 0 Å². The summed E-state index contributed by atoms with van der Waals surface area (Å²) in [4.78, 5) is 7.28. The number of hydrogen-bond donors (Lipinski definition) is 0. The first-order valence-corrected chi connectivity index (χ1v) is 16.4. The van der Waals surface area contributed by atoms with Crippen molar-refractivity contribution in [3.63, 3.8) is 0 Å². The monoisotopic (exact) mass is 340 g/mol. The summed E-state index contributed by atoms with van der Waals surface area (Å²) in [7, 11) is 0. The first kappa shape index (κ1) is 14.8. The van der Waals surface area contributed by atoms with Gasteiger partial charge in [-0.2, -0.15) is 0 Å². The van der Waals surface area contributed by atoms with Crippen LogP contribution >= 0.6 is 0 Å². The SMILES string of the molecule is C=C[CH](COC(C)c1ccccc1)[Sn]([CH3])([CH3])[CH3]. The van der Waals surface area contributed by atoms with Crippen molar-refractivity contribution in [3.8, 4) is 0 Å². The molecule has 2 atom stereocenters. The molecule has 0 spiro atoms.